The van der Waals surface area contributed by atoms with Crippen LogP contribution in [-0.4, -0.2) is 15.7 Å². The molecule has 0 spiro atoms. The van der Waals surface area contributed by atoms with Crippen molar-refractivity contribution in [2.75, 3.05) is 0 Å². The van der Waals surface area contributed by atoms with Crippen LogP contribution < -0.4 is 5.32 Å². The fourth-order valence-electron chi connectivity index (χ4n) is 3.46. The smallest absolute Gasteiger partial charge is 0.223 e. The molecule has 4 nitrogen and oxygen atoms in total. The zero-order valence-corrected chi connectivity index (χ0v) is 15.0. The maximum absolute atomic E-state index is 12.2. The highest BCUT2D eigenvalue weighted by atomic mass is 16.1. The van der Waals surface area contributed by atoms with E-state index in [2.05, 4.69) is 53.2 Å². The summed E-state index contributed by atoms with van der Waals surface area (Å²) in [6.07, 6.45) is 3.89. The Hall–Kier alpha value is -2.10. The maximum atomic E-state index is 12.2. The number of benzene rings is 1. The Bertz CT molecular complexity index is 716. The lowest BCUT2D eigenvalue weighted by atomic mass is 9.74. The van der Waals surface area contributed by atoms with Crippen molar-refractivity contribution in [2.45, 2.75) is 53.1 Å². The summed E-state index contributed by atoms with van der Waals surface area (Å²) in [5.74, 6) is 0.109. The first kappa shape index (κ1) is 16.7. The van der Waals surface area contributed by atoms with Crippen molar-refractivity contribution in [3.63, 3.8) is 0 Å². The van der Waals surface area contributed by atoms with Gasteiger partial charge in [-0.2, -0.15) is 5.10 Å². The largest absolute Gasteiger partial charge is 0.349 e. The molecule has 24 heavy (non-hydrogen) atoms. The van der Waals surface area contributed by atoms with Gasteiger partial charge in [-0.15, -0.1) is 0 Å². The molecule has 2 aromatic rings. The van der Waals surface area contributed by atoms with E-state index in [9.17, 15) is 4.79 Å². The first-order valence-electron chi connectivity index (χ1n) is 8.74. The van der Waals surface area contributed by atoms with Crippen LogP contribution in [0.1, 0.15) is 57.0 Å². The molecule has 0 saturated heterocycles. The van der Waals surface area contributed by atoms with E-state index in [0.29, 0.717) is 0 Å². The van der Waals surface area contributed by atoms with Gasteiger partial charge in [0.25, 0.3) is 0 Å². The molecule has 1 atom stereocenters. The van der Waals surface area contributed by atoms with Gasteiger partial charge in [0.15, 0.2) is 0 Å². The lowest BCUT2D eigenvalue weighted by molar-refractivity contribution is -0.125. The number of rotatable bonds is 4. The van der Waals surface area contributed by atoms with Gasteiger partial charge in [-0.25, -0.2) is 0 Å². The molecule has 128 valence electrons. The minimum Gasteiger partial charge on any atom is -0.349 e. The third kappa shape index (κ3) is 3.53. The van der Waals surface area contributed by atoms with E-state index >= 15 is 0 Å². The molecular weight excluding hydrogens is 298 g/mol. The van der Waals surface area contributed by atoms with Crippen LogP contribution in [0.15, 0.2) is 36.5 Å². The summed E-state index contributed by atoms with van der Waals surface area (Å²) in [7, 11) is 0. The van der Waals surface area contributed by atoms with E-state index in [1.54, 1.807) is 0 Å². The second-order valence-electron chi connectivity index (χ2n) is 7.95. The Morgan fingerprint density at radius 1 is 1.33 bits per heavy atom. The first-order chi connectivity index (χ1) is 11.4. The van der Waals surface area contributed by atoms with Crippen LogP contribution in [0, 0.1) is 11.3 Å². The Balaban J connectivity index is 1.89. The van der Waals surface area contributed by atoms with Gasteiger partial charge in [-0.3, -0.25) is 9.48 Å². The first-order valence-corrected chi connectivity index (χ1v) is 8.74. The fraction of sp³-hybridized carbons (Fsp3) is 0.500. The van der Waals surface area contributed by atoms with Crippen LogP contribution in [0.25, 0.3) is 0 Å². The monoisotopic (exact) mass is 325 g/mol. The van der Waals surface area contributed by atoms with Gasteiger partial charge < -0.3 is 5.32 Å². The van der Waals surface area contributed by atoms with Crippen LogP contribution in [0.2, 0.25) is 0 Å². The molecule has 1 amide bonds. The average molecular weight is 325 g/mol. The van der Waals surface area contributed by atoms with Gasteiger partial charge in [0.05, 0.1) is 18.8 Å². The number of amides is 1. The van der Waals surface area contributed by atoms with Gasteiger partial charge in [-0.1, -0.05) is 58.0 Å². The predicted molar refractivity (Wildman–Crippen MR) is 95.6 cm³/mol. The third-order valence-electron chi connectivity index (χ3n) is 4.78. The van der Waals surface area contributed by atoms with Gasteiger partial charge >= 0.3 is 0 Å². The highest BCUT2D eigenvalue weighted by Gasteiger charge is 2.35. The number of carbonyl (C=O) groups is 1. The molecule has 4 heteroatoms. The minimum absolute atomic E-state index is 0.00199. The van der Waals surface area contributed by atoms with Crippen LogP contribution >= 0.6 is 0 Å². The minimum atomic E-state index is -0.00199. The number of nitrogens with one attached hydrogen (secondary N) is 1. The van der Waals surface area contributed by atoms with Crippen molar-refractivity contribution >= 4 is 5.91 Å². The molecule has 0 fully saturated rings. The summed E-state index contributed by atoms with van der Waals surface area (Å²) < 4.78 is 2.10. The number of carbonyl (C=O) groups excluding carboxylic acids is 1. The lowest BCUT2D eigenvalue weighted by Gasteiger charge is -2.36. The molecule has 0 radical (unpaired) electrons. The maximum Gasteiger partial charge on any atom is 0.223 e. The quantitative estimate of drug-likeness (QED) is 0.931. The molecule has 1 aliphatic rings. The van der Waals surface area contributed by atoms with Crippen molar-refractivity contribution in [3.8, 4) is 0 Å². The van der Waals surface area contributed by atoms with Crippen molar-refractivity contribution in [1.82, 2.24) is 15.1 Å². The zero-order valence-electron chi connectivity index (χ0n) is 15.0. The molecule has 1 N–H and O–H groups in total. The van der Waals surface area contributed by atoms with Gasteiger partial charge in [-0.05, 0) is 23.8 Å². The Kier molecular flexibility index (Phi) is 4.48. The Morgan fingerprint density at radius 2 is 2.04 bits per heavy atom. The van der Waals surface area contributed by atoms with Crippen LogP contribution in [0.3, 0.4) is 0 Å². The number of aromatic nitrogens is 2. The molecule has 1 aromatic heterocycles. The van der Waals surface area contributed by atoms with E-state index in [1.165, 1.54) is 16.8 Å². The lowest BCUT2D eigenvalue weighted by Crippen LogP contribution is -2.38. The SMILES string of the molecule is CC(C)C(=O)NC1CC(C)(C)Cc2c1cnn2Cc1ccccc1. The number of hydrogen-bond acceptors (Lipinski definition) is 2. The topological polar surface area (TPSA) is 46.9 Å². The summed E-state index contributed by atoms with van der Waals surface area (Å²) in [4.78, 5) is 12.2. The van der Waals surface area contributed by atoms with Crippen molar-refractivity contribution in [2.24, 2.45) is 11.3 Å². The summed E-state index contributed by atoms with van der Waals surface area (Å²) in [5.41, 5.74) is 3.83. The molecular formula is C20H27N3O. The van der Waals surface area contributed by atoms with E-state index in [0.717, 1.165) is 19.4 Å². The number of nitrogens with zero attached hydrogens (tertiary/aromatic N) is 2. The van der Waals surface area contributed by atoms with E-state index < -0.39 is 0 Å². The highest BCUT2D eigenvalue weighted by Crippen LogP contribution is 2.40. The molecule has 1 aromatic carbocycles. The highest BCUT2D eigenvalue weighted by molar-refractivity contribution is 5.78. The van der Waals surface area contributed by atoms with Gasteiger partial charge in [0, 0.05) is 17.2 Å². The Morgan fingerprint density at radius 3 is 2.71 bits per heavy atom. The van der Waals surface area contributed by atoms with E-state index in [1.807, 2.05) is 26.1 Å². The molecule has 0 bridgehead atoms. The van der Waals surface area contributed by atoms with E-state index in [-0.39, 0.29) is 23.3 Å². The molecule has 0 saturated carbocycles. The Labute approximate surface area is 144 Å². The van der Waals surface area contributed by atoms with Crippen LogP contribution in [0.5, 0.6) is 0 Å². The number of fused-ring (bicyclic) bond motifs is 1. The molecule has 1 unspecified atom stereocenters. The standard InChI is InChI=1S/C20H27N3O/c1-14(2)19(24)22-17-10-20(3,4)11-18-16(17)12-21-23(18)13-15-8-6-5-7-9-15/h5-9,12,14,17H,10-11,13H2,1-4H3,(H,22,24). The second kappa shape index (κ2) is 6.42. The third-order valence-corrected chi connectivity index (χ3v) is 4.78. The molecule has 0 aliphatic heterocycles. The van der Waals surface area contributed by atoms with Crippen molar-refractivity contribution in [3.05, 3.63) is 53.3 Å². The molecule has 1 heterocycles. The molecule has 3 rings (SSSR count). The summed E-state index contributed by atoms with van der Waals surface area (Å²) >= 11 is 0. The average Bonchev–Trinajstić information content (AvgIpc) is 2.90. The normalized spacial score (nSPS) is 19.1. The van der Waals surface area contributed by atoms with E-state index in [4.69, 9.17) is 0 Å². The molecule has 1 aliphatic carbocycles. The summed E-state index contributed by atoms with van der Waals surface area (Å²) in [6, 6.07) is 10.5. The number of hydrogen-bond donors (Lipinski definition) is 1. The van der Waals surface area contributed by atoms with Gasteiger partial charge in [0.2, 0.25) is 5.91 Å². The summed E-state index contributed by atoms with van der Waals surface area (Å²) in [6.45, 7) is 9.18. The summed E-state index contributed by atoms with van der Waals surface area (Å²) in [5, 5.41) is 7.84. The van der Waals surface area contributed by atoms with Crippen molar-refractivity contribution in [1.29, 1.82) is 0 Å². The fourth-order valence-corrected chi connectivity index (χ4v) is 3.46. The van der Waals surface area contributed by atoms with Crippen LogP contribution in [0.4, 0.5) is 0 Å². The predicted octanol–water partition coefficient (Wildman–Crippen LogP) is 3.72. The van der Waals surface area contributed by atoms with Gasteiger partial charge in [0.1, 0.15) is 0 Å². The van der Waals surface area contributed by atoms with Crippen molar-refractivity contribution < 1.29 is 4.79 Å². The zero-order chi connectivity index (χ0) is 17.3. The second-order valence-corrected chi connectivity index (χ2v) is 7.95. The van der Waals surface area contributed by atoms with Crippen LogP contribution in [-0.2, 0) is 17.8 Å².